The minimum absolute atomic E-state index is 0.119. The predicted octanol–water partition coefficient (Wildman–Crippen LogP) is 4.48. The average molecular weight is 439 g/mol. The molecule has 32 heavy (non-hydrogen) atoms. The Bertz CT molecular complexity index is 911. The molecule has 170 valence electrons. The van der Waals surface area contributed by atoms with Crippen LogP contribution in [0, 0.1) is 5.92 Å². The fraction of sp³-hybridized carbons (Fsp3) is 0.400. The number of alkyl carbamates (subject to hydrolysis) is 1. The molecule has 7 nitrogen and oxygen atoms in total. The molecule has 1 saturated heterocycles. The molecule has 1 fully saturated rings. The van der Waals surface area contributed by atoms with Gasteiger partial charge in [-0.3, -0.25) is 4.90 Å². The van der Waals surface area contributed by atoms with Crippen molar-refractivity contribution in [2.24, 2.45) is 5.92 Å². The Morgan fingerprint density at radius 1 is 1.06 bits per heavy atom. The van der Waals surface area contributed by atoms with Crippen molar-refractivity contribution >= 4 is 18.5 Å². The first kappa shape index (κ1) is 23.3. The summed E-state index contributed by atoms with van der Waals surface area (Å²) in [7, 11) is 0. The Labute approximate surface area is 188 Å². The van der Waals surface area contributed by atoms with Gasteiger partial charge < -0.3 is 19.6 Å². The van der Waals surface area contributed by atoms with Gasteiger partial charge in [0.1, 0.15) is 18.5 Å². The highest BCUT2D eigenvalue weighted by molar-refractivity contribution is 5.72. The molecule has 1 N–H and O–H groups in total. The summed E-state index contributed by atoms with van der Waals surface area (Å²) >= 11 is 0. The van der Waals surface area contributed by atoms with Gasteiger partial charge in [-0.25, -0.2) is 9.59 Å². The smallest absolute Gasteiger partial charge is 0.410 e. The molecule has 0 unspecified atom stereocenters. The summed E-state index contributed by atoms with van der Waals surface area (Å²) in [6, 6.07) is 17.8. The topological polar surface area (TPSA) is 84.9 Å². The average Bonchev–Trinajstić information content (AvgIpc) is 2.77. The van der Waals surface area contributed by atoms with Crippen molar-refractivity contribution in [3.63, 3.8) is 0 Å². The number of benzene rings is 2. The summed E-state index contributed by atoms with van der Waals surface area (Å²) in [6.45, 7) is 5.67. The van der Waals surface area contributed by atoms with E-state index in [0.717, 1.165) is 17.4 Å². The highest BCUT2D eigenvalue weighted by Gasteiger charge is 2.41. The molecule has 1 heterocycles. The first-order valence-corrected chi connectivity index (χ1v) is 10.7. The number of rotatable bonds is 5. The van der Waals surface area contributed by atoms with Gasteiger partial charge in [-0.05, 0) is 38.3 Å². The molecule has 0 spiro atoms. The second-order valence-electron chi connectivity index (χ2n) is 8.93. The summed E-state index contributed by atoms with van der Waals surface area (Å²) in [6.07, 6.45) is 0.0885. The molecule has 0 radical (unpaired) electrons. The molecule has 0 aromatic heterocycles. The molecule has 1 aliphatic rings. The van der Waals surface area contributed by atoms with E-state index in [1.54, 1.807) is 20.8 Å². The molecule has 7 heteroatoms. The van der Waals surface area contributed by atoms with E-state index < -0.39 is 35.8 Å². The third-order valence-corrected chi connectivity index (χ3v) is 5.18. The van der Waals surface area contributed by atoms with E-state index in [2.05, 4.69) is 5.32 Å². The van der Waals surface area contributed by atoms with E-state index in [1.807, 2.05) is 60.7 Å². The van der Waals surface area contributed by atoms with Crippen LogP contribution >= 0.6 is 0 Å². The number of hydrogen-bond donors (Lipinski definition) is 1. The van der Waals surface area contributed by atoms with Gasteiger partial charge in [0.2, 0.25) is 0 Å². The van der Waals surface area contributed by atoms with Gasteiger partial charge >= 0.3 is 12.2 Å². The van der Waals surface area contributed by atoms with Gasteiger partial charge in [-0.1, -0.05) is 60.7 Å². The normalized spacial score (nSPS) is 20.8. The molecule has 0 saturated carbocycles. The standard InChI is InChI=1S/C25H30N2O5/c1-25(2,3)32-23(29)26-21-14-19(16-28)15-27(22(21)20-12-8-5-9-13-20)24(30)31-17-18-10-6-4-7-11-18/h4-13,16,19,21-22H,14-15,17H2,1-3H3,(H,26,29)/t19-,21-,22+/m1/s1. The fourth-order valence-electron chi connectivity index (χ4n) is 3.86. The van der Waals surface area contributed by atoms with Crippen LogP contribution in [0.25, 0.3) is 0 Å². The molecule has 2 aromatic carbocycles. The van der Waals surface area contributed by atoms with E-state index in [0.29, 0.717) is 6.42 Å². The molecule has 2 aromatic rings. The molecular weight excluding hydrogens is 408 g/mol. The number of ether oxygens (including phenoxy) is 2. The molecule has 0 aliphatic carbocycles. The third kappa shape index (κ3) is 6.33. The predicted molar refractivity (Wildman–Crippen MR) is 120 cm³/mol. The Morgan fingerprint density at radius 3 is 2.28 bits per heavy atom. The van der Waals surface area contributed by atoms with Gasteiger partial charge in [0.15, 0.2) is 0 Å². The van der Waals surface area contributed by atoms with Crippen LogP contribution in [0.4, 0.5) is 9.59 Å². The number of piperidine rings is 1. The maximum Gasteiger partial charge on any atom is 0.410 e. The van der Waals surface area contributed by atoms with Crippen molar-refractivity contribution in [2.75, 3.05) is 6.54 Å². The van der Waals surface area contributed by atoms with E-state index in [9.17, 15) is 14.4 Å². The number of likely N-dealkylation sites (tertiary alicyclic amines) is 1. The van der Waals surface area contributed by atoms with Crippen molar-refractivity contribution < 1.29 is 23.9 Å². The van der Waals surface area contributed by atoms with Crippen LogP contribution in [-0.4, -0.2) is 41.6 Å². The van der Waals surface area contributed by atoms with Crippen LogP contribution in [0.2, 0.25) is 0 Å². The van der Waals surface area contributed by atoms with E-state index in [4.69, 9.17) is 9.47 Å². The number of amides is 2. The van der Waals surface area contributed by atoms with Gasteiger partial charge in [0.05, 0.1) is 12.1 Å². The molecular formula is C25H30N2O5. The number of aldehydes is 1. The summed E-state index contributed by atoms with van der Waals surface area (Å²) in [5, 5.41) is 2.88. The van der Waals surface area contributed by atoms with E-state index in [1.165, 1.54) is 4.90 Å². The zero-order chi connectivity index (χ0) is 23.1. The van der Waals surface area contributed by atoms with Crippen LogP contribution in [-0.2, 0) is 20.9 Å². The lowest BCUT2D eigenvalue weighted by Crippen LogP contribution is -2.55. The van der Waals surface area contributed by atoms with Crippen molar-refractivity contribution in [3.8, 4) is 0 Å². The molecule has 3 atom stereocenters. The van der Waals surface area contributed by atoms with Crippen LogP contribution in [0.5, 0.6) is 0 Å². The lowest BCUT2D eigenvalue weighted by molar-refractivity contribution is -0.113. The maximum absolute atomic E-state index is 13.1. The Morgan fingerprint density at radius 2 is 1.69 bits per heavy atom. The zero-order valence-electron chi connectivity index (χ0n) is 18.7. The minimum atomic E-state index is -0.667. The highest BCUT2D eigenvalue weighted by Crippen LogP contribution is 2.34. The lowest BCUT2D eigenvalue weighted by atomic mass is 9.85. The number of carbonyl (C=O) groups excluding carboxylic acids is 3. The number of carbonyl (C=O) groups is 3. The molecule has 2 amide bonds. The summed E-state index contributed by atoms with van der Waals surface area (Å²) < 4.78 is 11.0. The van der Waals surface area contributed by atoms with Crippen LogP contribution in [0.3, 0.4) is 0 Å². The second kappa shape index (κ2) is 10.3. The summed E-state index contributed by atoms with van der Waals surface area (Å²) in [4.78, 5) is 38.9. The van der Waals surface area contributed by atoms with Gasteiger partial charge in [0.25, 0.3) is 0 Å². The van der Waals surface area contributed by atoms with Gasteiger partial charge in [-0.2, -0.15) is 0 Å². The zero-order valence-corrected chi connectivity index (χ0v) is 18.7. The Balaban J connectivity index is 1.85. The van der Waals surface area contributed by atoms with Crippen LogP contribution < -0.4 is 5.32 Å². The highest BCUT2D eigenvalue weighted by atomic mass is 16.6. The molecule has 0 bridgehead atoms. The Hall–Kier alpha value is -3.35. The Kier molecular flexibility index (Phi) is 7.51. The first-order valence-electron chi connectivity index (χ1n) is 10.7. The quantitative estimate of drug-likeness (QED) is 0.696. The molecule has 1 aliphatic heterocycles. The SMILES string of the molecule is CC(C)(C)OC(=O)N[C@@H]1C[C@@H](C=O)CN(C(=O)OCc2ccccc2)[C@H]1c1ccccc1. The van der Waals surface area contributed by atoms with Crippen LogP contribution in [0.15, 0.2) is 60.7 Å². The van der Waals surface area contributed by atoms with Crippen molar-refractivity contribution in [2.45, 2.75) is 51.5 Å². The molecule has 3 rings (SSSR count). The second-order valence-corrected chi connectivity index (χ2v) is 8.93. The van der Waals surface area contributed by atoms with Crippen LogP contribution in [0.1, 0.15) is 44.4 Å². The van der Waals surface area contributed by atoms with E-state index >= 15 is 0 Å². The lowest BCUT2D eigenvalue weighted by Gasteiger charge is -2.43. The largest absolute Gasteiger partial charge is 0.445 e. The van der Waals surface area contributed by atoms with E-state index in [-0.39, 0.29) is 13.2 Å². The number of nitrogens with one attached hydrogen (secondary N) is 1. The van der Waals surface area contributed by atoms with Crippen molar-refractivity contribution in [1.29, 1.82) is 0 Å². The first-order chi connectivity index (χ1) is 15.3. The summed E-state index contributed by atoms with van der Waals surface area (Å²) in [5.41, 5.74) is 1.04. The van der Waals surface area contributed by atoms with Crippen molar-refractivity contribution in [1.82, 2.24) is 10.2 Å². The van der Waals surface area contributed by atoms with Gasteiger partial charge in [0, 0.05) is 12.5 Å². The fourth-order valence-corrected chi connectivity index (χ4v) is 3.86. The maximum atomic E-state index is 13.1. The van der Waals surface area contributed by atoms with Crippen molar-refractivity contribution in [3.05, 3.63) is 71.8 Å². The third-order valence-electron chi connectivity index (χ3n) is 5.18. The van der Waals surface area contributed by atoms with Gasteiger partial charge in [-0.15, -0.1) is 0 Å². The minimum Gasteiger partial charge on any atom is -0.445 e. The number of nitrogens with zero attached hydrogens (tertiary/aromatic N) is 1. The monoisotopic (exact) mass is 438 g/mol. The summed E-state index contributed by atoms with van der Waals surface area (Å²) in [5.74, 6) is -0.431. The number of hydrogen-bond acceptors (Lipinski definition) is 5.